The minimum Gasteiger partial charge on any atom is -0.507 e. The fraction of sp³-hybridized carbons (Fsp3) is 0.391. The summed E-state index contributed by atoms with van der Waals surface area (Å²) >= 11 is 6.43. The third-order valence-electron chi connectivity index (χ3n) is 5.48. The van der Waals surface area contributed by atoms with E-state index in [1.165, 1.54) is 18.2 Å². The van der Waals surface area contributed by atoms with Crippen molar-refractivity contribution in [1.29, 1.82) is 0 Å². The Hall–Kier alpha value is -2.75. The van der Waals surface area contributed by atoms with E-state index in [1.807, 2.05) is 23.9 Å². The Balaban J connectivity index is 1.85. The second-order valence-electron chi connectivity index (χ2n) is 8.15. The number of ether oxygens (including phenoxy) is 1. The monoisotopic (exact) mass is 477 g/mol. The van der Waals surface area contributed by atoms with Gasteiger partial charge in [0.05, 0.1) is 17.2 Å². The highest BCUT2D eigenvalue weighted by molar-refractivity contribution is 6.34. The first-order chi connectivity index (χ1) is 15.9. The Labute approximate surface area is 195 Å². The Kier molecular flexibility index (Phi) is 7.11. The molecule has 1 saturated heterocycles. The van der Waals surface area contributed by atoms with Crippen LogP contribution in [0.1, 0.15) is 6.42 Å². The molecule has 1 aliphatic heterocycles. The number of aromatic nitrogens is 2. The molecule has 7 nitrogen and oxygen atoms in total. The molecule has 1 aliphatic rings. The van der Waals surface area contributed by atoms with Gasteiger partial charge in [-0.05, 0) is 38.7 Å². The molecule has 0 saturated carbocycles. The molecule has 4 rings (SSSR count). The van der Waals surface area contributed by atoms with Crippen LogP contribution in [0.3, 0.4) is 0 Å². The summed E-state index contributed by atoms with van der Waals surface area (Å²) in [5, 5.41) is 13.9. The minimum absolute atomic E-state index is 0.0387. The van der Waals surface area contributed by atoms with E-state index in [4.69, 9.17) is 16.3 Å². The van der Waals surface area contributed by atoms with Gasteiger partial charge in [0, 0.05) is 43.7 Å². The third kappa shape index (κ3) is 4.95. The van der Waals surface area contributed by atoms with Crippen molar-refractivity contribution < 1.29 is 18.6 Å². The summed E-state index contributed by atoms with van der Waals surface area (Å²) in [5.41, 5.74) is -0.593. The number of anilines is 1. The van der Waals surface area contributed by atoms with E-state index in [1.54, 1.807) is 0 Å². The van der Waals surface area contributed by atoms with Crippen LogP contribution in [-0.4, -0.2) is 73.4 Å². The number of phenolic OH excluding ortho intramolecular Hbond substituents is 1. The summed E-state index contributed by atoms with van der Waals surface area (Å²) in [4.78, 5) is 12.9. The van der Waals surface area contributed by atoms with Gasteiger partial charge in [-0.25, -0.2) is 8.78 Å². The molecule has 10 heteroatoms. The van der Waals surface area contributed by atoms with Crippen LogP contribution in [0.15, 0.2) is 24.3 Å². The molecular weight excluding hydrogens is 452 g/mol. The van der Waals surface area contributed by atoms with E-state index >= 15 is 4.39 Å². The Morgan fingerprint density at radius 2 is 1.94 bits per heavy atom. The maximum Gasteiger partial charge on any atom is 0.319 e. The molecule has 176 valence electrons. The first-order valence-corrected chi connectivity index (χ1v) is 11.2. The van der Waals surface area contributed by atoms with Crippen molar-refractivity contribution in [3.8, 4) is 22.9 Å². The lowest BCUT2D eigenvalue weighted by atomic mass is 10.0. The molecule has 0 bridgehead atoms. The van der Waals surface area contributed by atoms with E-state index in [0.29, 0.717) is 30.9 Å². The second-order valence-corrected chi connectivity index (χ2v) is 8.56. The first-order valence-electron chi connectivity index (χ1n) is 10.8. The van der Waals surface area contributed by atoms with Crippen molar-refractivity contribution in [2.45, 2.75) is 6.42 Å². The number of aromatic hydroxyl groups is 1. The second kappa shape index (κ2) is 10.0. The van der Waals surface area contributed by atoms with Gasteiger partial charge in [-0.1, -0.05) is 17.7 Å². The highest BCUT2D eigenvalue weighted by atomic mass is 35.5. The number of hydrogen-bond donors (Lipinski definition) is 2. The van der Waals surface area contributed by atoms with E-state index < -0.39 is 17.4 Å². The molecule has 2 N–H and O–H groups in total. The molecule has 0 atom stereocenters. The van der Waals surface area contributed by atoms with E-state index in [9.17, 15) is 9.50 Å². The number of fused-ring (bicyclic) bond motifs is 1. The fourth-order valence-electron chi connectivity index (χ4n) is 3.88. The molecule has 33 heavy (non-hydrogen) atoms. The van der Waals surface area contributed by atoms with Gasteiger partial charge in [0.1, 0.15) is 22.9 Å². The first kappa shape index (κ1) is 23.4. The summed E-state index contributed by atoms with van der Waals surface area (Å²) in [6.45, 7) is 4.02. The van der Waals surface area contributed by atoms with Crippen molar-refractivity contribution in [3.05, 3.63) is 40.9 Å². The Morgan fingerprint density at radius 1 is 1.18 bits per heavy atom. The summed E-state index contributed by atoms with van der Waals surface area (Å²) in [6, 6.07) is 5.32. The smallest absolute Gasteiger partial charge is 0.319 e. The average molecular weight is 478 g/mol. The largest absolute Gasteiger partial charge is 0.507 e. The molecular formula is C23H26ClF2N5O2. The lowest BCUT2D eigenvalue weighted by Crippen LogP contribution is -2.44. The highest BCUT2D eigenvalue weighted by Crippen LogP contribution is 2.42. The zero-order chi connectivity index (χ0) is 23.5. The summed E-state index contributed by atoms with van der Waals surface area (Å²) in [6.07, 6.45) is 0.745. The van der Waals surface area contributed by atoms with Gasteiger partial charge in [-0.2, -0.15) is 9.97 Å². The number of rotatable bonds is 7. The van der Waals surface area contributed by atoms with Crippen LogP contribution < -0.4 is 15.0 Å². The van der Waals surface area contributed by atoms with Gasteiger partial charge in [-0.3, -0.25) is 0 Å². The van der Waals surface area contributed by atoms with Crippen LogP contribution in [-0.2, 0) is 0 Å². The zero-order valence-electron chi connectivity index (χ0n) is 18.5. The average Bonchev–Trinajstić information content (AvgIpc) is 2.79. The van der Waals surface area contributed by atoms with E-state index in [2.05, 4.69) is 15.3 Å². The van der Waals surface area contributed by atoms with Crippen molar-refractivity contribution in [3.63, 3.8) is 0 Å². The lowest BCUT2D eigenvalue weighted by Gasteiger charge is -2.29. The fourth-order valence-corrected chi connectivity index (χ4v) is 4.16. The van der Waals surface area contributed by atoms with Crippen molar-refractivity contribution >= 4 is 28.3 Å². The predicted molar refractivity (Wildman–Crippen MR) is 125 cm³/mol. The number of benzene rings is 2. The SMILES string of the molecule is CN(C)CCCOc1nc(N2CCNCC2)c2cc(Cl)c(-c3c(O)cccc3F)c(F)c2n1. The van der Waals surface area contributed by atoms with Gasteiger partial charge >= 0.3 is 6.01 Å². The molecule has 2 aromatic carbocycles. The predicted octanol–water partition coefficient (Wildman–Crippen LogP) is 3.67. The van der Waals surface area contributed by atoms with E-state index in [-0.39, 0.29) is 27.7 Å². The summed E-state index contributed by atoms with van der Waals surface area (Å²) < 4.78 is 36.2. The van der Waals surface area contributed by atoms with Gasteiger partial charge in [0.15, 0.2) is 5.82 Å². The number of phenols is 1. The summed E-state index contributed by atoms with van der Waals surface area (Å²) in [5.74, 6) is -1.53. The molecule has 1 fully saturated rings. The van der Waals surface area contributed by atoms with Crippen molar-refractivity contribution in [1.82, 2.24) is 20.2 Å². The van der Waals surface area contributed by atoms with Crippen LogP contribution in [0.5, 0.6) is 11.8 Å². The van der Waals surface area contributed by atoms with Crippen LogP contribution in [0, 0.1) is 11.6 Å². The number of halogens is 3. The van der Waals surface area contributed by atoms with Crippen LogP contribution >= 0.6 is 11.6 Å². The molecule has 3 aromatic rings. The van der Waals surface area contributed by atoms with E-state index in [0.717, 1.165) is 32.1 Å². The molecule has 0 radical (unpaired) electrons. The number of piperazine rings is 1. The van der Waals surface area contributed by atoms with Crippen molar-refractivity contribution in [2.75, 3.05) is 58.3 Å². The molecule has 1 aromatic heterocycles. The normalized spacial score (nSPS) is 14.3. The molecule has 0 unspecified atom stereocenters. The summed E-state index contributed by atoms with van der Waals surface area (Å²) in [7, 11) is 3.93. The van der Waals surface area contributed by atoms with Crippen molar-refractivity contribution in [2.24, 2.45) is 0 Å². The number of nitrogens with one attached hydrogen (secondary N) is 1. The molecule has 0 spiro atoms. The quantitative estimate of drug-likeness (QED) is 0.503. The van der Waals surface area contributed by atoms with Crippen LogP contribution in [0.25, 0.3) is 22.0 Å². The highest BCUT2D eigenvalue weighted by Gasteiger charge is 2.25. The minimum atomic E-state index is -0.838. The topological polar surface area (TPSA) is 73.8 Å². The van der Waals surface area contributed by atoms with Gasteiger partial charge in [0.2, 0.25) is 0 Å². The number of nitrogens with zero attached hydrogens (tertiary/aromatic N) is 4. The Morgan fingerprint density at radius 3 is 2.64 bits per heavy atom. The van der Waals surface area contributed by atoms with Gasteiger partial charge in [-0.15, -0.1) is 0 Å². The maximum absolute atomic E-state index is 15.9. The molecule has 2 heterocycles. The van der Waals surface area contributed by atoms with Crippen LogP contribution in [0.2, 0.25) is 5.02 Å². The van der Waals surface area contributed by atoms with Gasteiger partial charge in [0.25, 0.3) is 0 Å². The Bertz CT molecular complexity index is 1140. The maximum atomic E-state index is 15.9. The zero-order valence-corrected chi connectivity index (χ0v) is 19.3. The third-order valence-corrected chi connectivity index (χ3v) is 5.78. The molecule has 0 aliphatic carbocycles. The molecule has 0 amide bonds. The number of hydrogen-bond acceptors (Lipinski definition) is 7. The van der Waals surface area contributed by atoms with Crippen LogP contribution in [0.4, 0.5) is 14.6 Å². The van der Waals surface area contributed by atoms with Gasteiger partial charge < -0.3 is 25.0 Å². The standard InChI is InChI=1S/C23H26ClF2N5O2/c1-30(2)9-4-12-33-23-28-21-14(22(29-23)31-10-7-27-8-11-31)13-15(24)18(20(21)26)19-16(25)5-3-6-17(19)32/h3,5-6,13,27,32H,4,7-12H2,1-2H3. The lowest BCUT2D eigenvalue weighted by molar-refractivity contribution is 0.264.